The Kier molecular flexibility index (Phi) is 3.13. The summed E-state index contributed by atoms with van der Waals surface area (Å²) in [6, 6.07) is 3.74. The van der Waals surface area contributed by atoms with Gasteiger partial charge in [-0.15, -0.1) is 0 Å². The van der Waals surface area contributed by atoms with Crippen molar-refractivity contribution in [2.45, 2.75) is 6.42 Å². The predicted molar refractivity (Wildman–Crippen MR) is 58.5 cm³/mol. The Labute approximate surface area is 96.1 Å². The number of methoxy groups -OCH3 is 1. The van der Waals surface area contributed by atoms with E-state index < -0.39 is 0 Å². The van der Waals surface area contributed by atoms with E-state index in [0.29, 0.717) is 16.8 Å². The fraction of sp³-hybridized carbons (Fsp3) is 0.222. The van der Waals surface area contributed by atoms with Crippen LogP contribution < -0.4 is 4.74 Å². The lowest BCUT2D eigenvalue weighted by atomic mass is 10.2. The number of hydrogen-bond acceptors (Lipinski definition) is 5. The molecule has 0 radical (unpaired) electrons. The average molecular weight is 242 g/mol. The highest BCUT2D eigenvalue weighted by Crippen LogP contribution is 2.14. The van der Waals surface area contributed by atoms with Crippen molar-refractivity contribution in [3.8, 4) is 5.88 Å². The minimum absolute atomic E-state index is 0.464. The van der Waals surface area contributed by atoms with Crippen LogP contribution in [0.5, 0.6) is 5.88 Å². The van der Waals surface area contributed by atoms with Gasteiger partial charge in [0.05, 0.1) is 7.11 Å². The van der Waals surface area contributed by atoms with E-state index in [0.717, 1.165) is 11.4 Å². The second-order valence-corrected chi connectivity index (χ2v) is 4.18. The number of ether oxygens (including phenoxy) is 1. The molecule has 0 atom stereocenters. The molecule has 0 amide bonds. The van der Waals surface area contributed by atoms with Gasteiger partial charge in [-0.05, 0) is 28.7 Å². The third kappa shape index (κ3) is 2.64. The van der Waals surface area contributed by atoms with Crippen molar-refractivity contribution < 1.29 is 4.74 Å². The maximum atomic E-state index is 5.68. The number of hydrogen-bond donors (Lipinski definition) is 0. The van der Waals surface area contributed by atoms with Crippen molar-refractivity contribution in [2.75, 3.05) is 7.11 Å². The first-order chi connectivity index (χ1) is 7.28. The molecule has 0 fully saturated rings. The highest BCUT2D eigenvalue weighted by atomic mass is 35.5. The fourth-order valence-corrected chi connectivity index (χ4v) is 1.76. The maximum Gasteiger partial charge on any atom is 0.212 e. The van der Waals surface area contributed by atoms with Crippen molar-refractivity contribution in [3.05, 3.63) is 34.2 Å². The predicted octanol–water partition coefficient (Wildman–Crippen LogP) is 2.19. The van der Waals surface area contributed by atoms with Crippen LogP contribution in [0.4, 0.5) is 0 Å². The lowest BCUT2D eigenvalue weighted by molar-refractivity contribution is 0.397. The van der Waals surface area contributed by atoms with Crippen LogP contribution in [-0.4, -0.2) is 21.5 Å². The molecule has 0 bridgehead atoms. The zero-order valence-electron chi connectivity index (χ0n) is 7.98. The third-order valence-electron chi connectivity index (χ3n) is 1.81. The Morgan fingerprint density at radius 3 is 2.87 bits per heavy atom. The summed E-state index contributed by atoms with van der Waals surface area (Å²) in [5.41, 5.74) is 1.03. The zero-order chi connectivity index (χ0) is 10.7. The first kappa shape index (κ1) is 10.3. The number of aromatic nitrogens is 3. The molecule has 0 aliphatic carbocycles. The van der Waals surface area contributed by atoms with Gasteiger partial charge in [-0.2, -0.15) is 4.37 Å². The number of rotatable bonds is 3. The molecule has 15 heavy (non-hydrogen) atoms. The zero-order valence-corrected chi connectivity index (χ0v) is 9.55. The molecule has 0 aliphatic rings. The Hall–Kier alpha value is -1.20. The molecule has 2 aromatic heterocycles. The van der Waals surface area contributed by atoms with Gasteiger partial charge < -0.3 is 4.74 Å². The standard InChI is InChI=1S/C9H8ClN3OS/c1-14-8-3-2-6(5-11-8)4-7-12-9(10)15-13-7/h2-3,5H,4H2,1H3. The number of halogens is 1. The lowest BCUT2D eigenvalue weighted by Gasteiger charge is -1.99. The lowest BCUT2D eigenvalue weighted by Crippen LogP contribution is -1.93. The first-order valence-electron chi connectivity index (χ1n) is 4.25. The number of pyridine rings is 1. The summed E-state index contributed by atoms with van der Waals surface area (Å²) in [5, 5.41) is 0. The van der Waals surface area contributed by atoms with Gasteiger partial charge in [0.1, 0.15) is 5.82 Å². The quantitative estimate of drug-likeness (QED) is 0.827. The van der Waals surface area contributed by atoms with Crippen LogP contribution in [0.3, 0.4) is 0 Å². The highest BCUT2D eigenvalue weighted by molar-refractivity contribution is 7.10. The van der Waals surface area contributed by atoms with E-state index in [1.807, 2.05) is 12.1 Å². The van der Waals surface area contributed by atoms with E-state index >= 15 is 0 Å². The third-order valence-corrected chi connectivity index (χ3v) is 2.65. The SMILES string of the molecule is COc1ccc(Cc2nsc(Cl)n2)cn1. The van der Waals surface area contributed by atoms with E-state index in [1.165, 1.54) is 11.5 Å². The summed E-state index contributed by atoms with van der Waals surface area (Å²) in [4.78, 5) is 8.16. The minimum atomic E-state index is 0.464. The highest BCUT2D eigenvalue weighted by Gasteiger charge is 2.03. The average Bonchev–Trinajstić information content (AvgIpc) is 2.65. The van der Waals surface area contributed by atoms with Crippen molar-refractivity contribution in [1.29, 1.82) is 0 Å². The van der Waals surface area contributed by atoms with Gasteiger partial charge in [0.2, 0.25) is 10.3 Å². The van der Waals surface area contributed by atoms with Crippen LogP contribution in [0.1, 0.15) is 11.4 Å². The molecule has 0 spiro atoms. The van der Waals surface area contributed by atoms with Crippen molar-refractivity contribution in [2.24, 2.45) is 0 Å². The second-order valence-electron chi connectivity index (χ2n) is 2.85. The molecule has 0 N–H and O–H groups in total. The molecule has 4 nitrogen and oxygen atoms in total. The summed E-state index contributed by atoms with van der Waals surface area (Å²) >= 11 is 6.87. The molecule has 0 unspecified atom stereocenters. The molecule has 0 saturated carbocycles. The topological polar surface area (TPSA) is 47.9 Å². The maximum absolute atomic E-state index is 5.68. The van der Waals surface area contributed by atoms with Gasteiger partial charge in [0.25, 0.3) is 0 Å². The summed E-state index contributed by atoms with van der Waals surface area (Å²) < 4.78 is 9.52. The van der Waals surface area contributed by atoms with E-state index in [2.05, 4.69) is 14.3 Å². The largest absolute Gasteiger partial charge is 0.481 e. The Balaban J connectivity index is 2.11. The molecular formula is C9H8ClN3OS. The molecule has 0 saturated heterocycles. The summed E-state index contributed by atoms with van der Waals surface area (Å²) in [7, 11) is 1.59. The number of nitrogens with zero attached hydrogens (tertiary/aromatic N) is 3. The van der Waals surface area contributed by atoms with Crippen molar-refractivity contribution >= 4 is 23.1 Å². The van der Waals surface area contributed by atoms with Crippen LogP contribution in [-0.2, 0) is 6.42 Å². The van der Waals surface area contributed by atoms with Gasteiger partial charge in [-0.25, -0.2) is 9.97 Å². The van der Waals surface area contributed by atoms with Gasteiger partial charge in [0, 0.05) is 18.7 Å². The van der Waals surface area contributed by atoms with Crippen LogP contribution >= 0.6 is 23.1 Å². The van der Waals surface area contributed by atoms with E-state index in [4.69, 9.17) is 16.3 Å². The van der Waals surface area contributed by atoms with E-state index in [9.17, 15) is 0 Å². The molecule has 0 aliphatic heterocycles. The molecule has 2 rings (SSSR count). The second kappa shape index (κ2) is 4.55. The van der Waals surface area contributed by atoms with Crippen LogP contribution in [0.2, 0.25) is 4.47 Å². The molecule has 2 aromatic rings. The Morgan fingerprint density at radius 2 is 2.33 bits per heavy atom. The Bertz CT molecular complexity index is 443. The Morgan fingerprint density at radius 1 is 1.47 bits per heavy atom. The molecular weight excluding hydrogens is 234 g/mol. The molecule has 78 valence electrons. The van der Waals surface area contributed by atoms with Crippen LogP contribution in [0, 0.1) is 0 Å². The first-order valence-corrected chi connectivity index (χ1v) is 5.40. The summed E-state index contributed by atoms with van der Waals surface area (Å²) in [5.74, 6) is 1.32. The minimum Gasteiger partial charge on any atom is -0.481 e. The molecule has 2 heterocycles. The van der Waals surface area contributed by atoms with Crippen molar-refractivity contribution in [3.63, 3.8) is 0 Å². The normalized spacial score (nSPS) is 10.3. The van der Waals surface area contributed by atoms with Gasteiger partial charge in [-0.1, -0.05) is 6.07 Å². The van der Waals surface area contributed by atoms with E-state index in [-0.39, 0.29) is 0 Å². The molecule has 0 aromatic carbocycles. The van der Waals surface area contributed by atoms with Gasteiger partial charge >= 0.3 is 0 Å². The molecule has 6 heteroatoms. The summed E-state index contributed by atoms with van der Waals surface area (Å²) in [6.45, 7) is 0. The van der Waals surface area contributed by atoms with Crippen LogP contribution in [0.25, 0.3) is 0 Å². The van der Waals surface area contributed by atoms with Crippen LogP contribution in [0.15, 0.2) is 18.3 Å². The smallest absolute Gasteiger partial charge is 0.212 e. The van der Waals surface area contributed by atoms with Gasteiger partial charge in [-0.3, -0.25) is 0 Å². The monoisotopic (exact) mass is 241 g/mol. The summed E-state index contributed by atoms with van der Waals surface area (Å²) in [6.07, 6.45) is 2.38. The van der Waals surface area contributed by atoms with Crippen molar-refractivity contribution in [1.82, 2.24) is 14.3 Å². The van der Waals surface area contributed by atoms with Gasteiger partial charge in [0.15, 0.2) is 0 Å². The van der Waals surface area contributed by atoms with E-state index in [1.54, 1.807) is 13.3 Å². The fourth-order valence-electron chi connectivity index (χ4n) is 1.12.